The van der Waals surface area contributed by atoms with Crippen molar-refractivity contribution in [2.45, 2.75) is 44.2 Å². The third kappa shape index (κ3) is 11.4. The number of carbonyl (C=O) groups excluding carboxylic acids is 3. The molecule has 0 unspecified atom stereocenters. The lowest BCUT2D eigenvalue weighted by atomic mass is 9.96. The third-order valence-electron chi connectivity index (χ3n) is 7.17. The van der Waals surface area contributed by atoms with E-state index in [-0.39, 0.29) is 43.8 Å². The van der Waals surface area contributed by atoms with Crippen LogP contribution < -0.4 is 10.6 Å². The lowest BCUT2D eigenvalue weighted by molar-refractivity contribution is -0.154. The van der Waals surface area contributed by atoms with Gasteiger partial charge in [0.25, 0.3) is 0 Å². The number of ether oxygens (including phenoxy) is 1. The van der Waals surface area contributed by atoms with E-state index in [0.29, 0.717) is 19.3 Å². The first kappa shape index (κ1) is 33.0. The second kappa shape index (κ2) is 18.1. The summed E-state index contributed by atoms with van der Waals surface area (Å²) in [5.74, 6) is -2.15. The van der Waals surface area contributed by atoms with Gasteiger partial charge in [-0.15, -0.1) is 13.2 Å². The van der Waals surface area contributed by atoms with Crippen LogP contribution in [0.15, 0.2) is 116 Å². The van der Waals surface area contributed by atoms with Gasteiger partial charge in [0.15, 0.2) is 0 Å². The van der Waals surface area contributed by atoms with Gasteiger partial charge in [-0.1, -0.05) is 103 Å². The zero-order valence-electron chi connectivity index (χ0n) is 24.6. The molecule has 0 radical (unpaired) electrons. The van der Waals surface area contributed by atoms with E-state index in [9.17, 15) is 19.5 Å². The molecule has 0 fully saturated rings. The summed E-state index contributed by atoms with van der Waals surface area (Å²) in [7, 11) is 0. The zero-order valence-corrected chi connectivity index (χ0v) is 24.6. The van der Waals surface area contributed by atoms with Gasteiger partial charge in [0.1, 0.15) is 6.10 Å². The Kier molecular flexibility index (Phi) is 13.9. The molecule has 2 amide bonds. The van der Waals surface area contributed by atoms with Crippen molar-refractivity contribution in [3.63, 3.8) is 0 Å². The molecule has 0 saturated carbocycles. The van der Waals surface area contributed by atoms with Crippen LogP contribution in [0.1, 0.15) is 42.1 Å². The first-order chi connectivity index (χ1) is 20.9. The Bertz CT molecular complexity index is 1300. The molecule has 0 aliphatic carbocycles. The van der Waals surface area contributed by atoms with Gasteiger partial charge < -0.3 is 20.5 Å². The number of nitrogens with one attached hydrogen (secondary N) is 2. The quantitative estimate of drug-likeness (QED) is 0.143. The monoisotopic (exact) mass is 582 g/mol. The van der Waals surface area contributed by atoms with Crippen LogP contribution in [0.25, 0.3) is 0 Å². The van der Waals surface area contributed by atoms with Crippen molar-refractivity contribution >= 4 is 17.8 Å². The molecule has 43 heavy (non-hydrogen) atoms. The van der Waals surface area contributed by atoms with Crippen molar-refractivity contribution in [2.24, 2.45) is 11.8 Å². The molecule has 0 aliphatic rings. The molecule has 7 nitrogen and oxygen atoms in total. The van der Waals surface area contributed by atoms with Crippen molar-refractivity contribution < 1.29 is 24.2 Å². The summed E-state index contributed by atoms with van der Waals surface area (Å²) in [5, 5.41) is 15.5. The number of hydrogen-bond acceptors (Lipinski definition) is 5. The molecule has 3 N–H and O–H groups in total. The Morgan fingerprint density at radius 3 is 1.86 bits per heavy atom. The van der Waals surface area contributed by atoms with Crippen LogP contribution in [0.2, 0.25) is 0 Å². The topological polar surface area (TPSA) is 105 Å². The van der Waals surface area contributed by atoms with Crippen LogP contribution in [0.4, 0.5) is 0 Å². The summed E-state index contributed by atoms with van der Waals surface area (Å²) in [6.45, 7) is 7.38. The maximum atomic E-state index is 13.3. The summed E-state index contributed by atoms with van der Waals surface area (Å²) in [5.41, 5.74) is 2.76. The highest BCUT2D eigenvalue weighted by atomic mass is 16.5. The Hall–Kier alpha value is -4.49. The predicted molar refractivity (Wildman–Crippen MR) is 169 cm³/mol. The van der Waals surface area contributed by atoms with E-state index in [2.05, 4.69) is 23.8 Å². The van der Waals surface area contributed by atoms with Crippen LogP contribution in [0.5, 0.6) is 0 Å². The molecule has 0 aromatic heterocycles. The average molecular weight is 583 g/mol. The zero-order chi connectivity index (χ0) is 30.9. The minimum Gasteiger partial charge on any atom is -0.455 e. The van der Waals surface area contributed by atoms with E-state index in [1.165, 1.54) is 0 Å². The normalized spacial score (nSPS) is 13.5. The first-order valence-electron chi connectivity index (χ1n) is 14.7. The van der Waals surface area contributed by atoms with Crippen LogP contribution in [-0.2, 0) is 32.0 Å². The molecule has 3 aromatic rings. The smallest absolute Gasteiger partial charge is 0.310 e. The highest BCUT2D eigenvalue weighted by Gasteiger charge is 2.27. The molecular formula is C36H42N2O5. The summed E-state index contributed by atoms with van der Waals surface area (Å²) in [6, 6.07) is 28.1. The van der Waals surface area contributed by atoms with Gasteiger partial charge in [0.2, 0.25) is 11.8 Å². The van der Waals surface area contributed by atoms with Crippen molar-refractivity contribution in [1.29, 1.82) is 0 Å². The molecule has 0 saturated heterocycles. The maximum absolute atomic E-state index is 13.3. The number of benzene rings is 3. The fraction of sp³-hybridized carbons (Fsp3) is 0.306. The molecule has 3 rings (SSSR count). The highest BCUT2D eigenvalue weighted by Crippen LogP contribution is 2.22. The highest BCUT2D eigenvalue weighted by molar-refractivity contribution is 5.86. The van der Waals surface area contributed by atoms with Crippen molar-refractivity contribution in [3.05, 3.63) is 133 Å². The Morgan fingerprint density at radius 2 is 1.30 bits per heavy atom. The lowest BCUT2D eigenvalue weighted by Crippen LogP contribution is -2.42. The van der Waals surface area contributed by atoms with E-state index in [0.717, 1.165) is 16.7 Å². The summed E-state index contributed by atoms with van der Waals surface area (Å²) in [6.07, 6.45) is 4.25. The molecule has 0 spiro atoms. The van der Waals surface area contributed by atoms with E-state index in [1.54, 1.807) is 12.2 Å². The summed E-state index contributed by atoms with van der Waals surface area (Å²) >= 11 is 0. The van der Waals surface area contributed by atoms with Crippen LogP contribution in [0, 0.1) is 11.8 Å². The third-order valence-corrected chi connectivity index (χ3v) is 7.17. The van der Waals surface area contributed by atoms with Gasteiger partial charge in [-0.05, 0) is 42.4 Å². The average Bonchev–Trinajstić information content (AvgIpc) is 3.03. The number of amides is 2. The lowest BCUT2D eigenvalue weighted by Gasteiger charge is -2.24. The van der Waals surface area contributed by atoms with Crippen molar-refractivity contribution in [3.8, 4) is 0 Å². The molecule has 4 atom stereocenters. The Balaban J connectivity index is 1.64. The number of esters is 1. The molecule has 226 valence electrons. The van der Waals surface area contributed by atoms with Crippen molar-refractivity contribution in [1.82, 2.24) is 10.6 Å². The van der Waals surface area contributed by atoms with Gasteiger partial charge in [-0.3, -0.25) is 14.4 Å². The molecule has 3 aromatic carbocycles. The SMILES string of the molecule is C=CC[C@H](CC(=O)N[C@H](CO)Cc1ccccc1)C(=O)NC[C@@H](OC(=O)[C@@H](CC=C)Cc1ccccc1)c1ccccc1. The predicted octanol–water partition coefficient (Wildman–Crippen LogP) is 5.12. The fourth-order valence-electron chi connectivity index (χ4n) is 4.89. The molecule has 7 heteroatoms. The van der Waals surface area contributed by atoms with Crippen LogP contribution >= 0.6 is 0 Å². The second-order valence-corrected chi connectivity index (χ2v) is 10.6. The fourth-order valence-corrected chi connectivity index (χ4v) is 4.89. The first-order valence-corrected chi connectivity index (χ1v) is 14.7. The standard InChI is InChI=1S/C36H42N2O5/c1-3-14-30(24-34(40)38-32(26-39)23-28-18-10-6-11-19-28)35(41)37-25-33(29-20-12-7-13-21-29)43-36(42)31(15-4-2)22-27-16-8-5-9-17-27/h3-13,16-21,30-33,39H,1-2,14-15,22-26H2,(H,37,41)(H,38,40)/t30-,31+,32+,33-/m1/s1. The molecule has 0 bridgehead atoms. The minimum absolute atomic E-state index is 0.0449. The van der Waals surface area contributed by atoms with Crippen molar-refractivity contribution in [2.75, 3.05) is 13.2 Å². The van der Waals surface area contributed by atoms with E-state index in [1.807, 2.05) is 91.0 Å². The van der Waals surface area contributed by atoms with Gasteiger partial charge in [0.05, 0.1) is 31.0 Å². The Morgan fingerprint density at radius 1 is 0.767 bits per heavy atom. The van der Waals surface area contributed by atoms with E-state index < -0.39 is 24.0 Å². The number of rotatable bonds is 18. The van der Waals surface area contributed by atoms with Crippen LogP contribution in [0.3, 0.4) is 0 Å². The second-order valence-electron chi connectivity index (χ2n) is 10.6. The van der Waals surface area contributed by atoms with Gasteiger partial charge in [0, 0.05) is 6.42 Å². The molecule has 0 aliphatic heterocycles. The van der Waals surface area contributed by atoms with Gasteiger partial charge in [-0.2, -0.15) is 0 Å². The molecular weight excluding hydrogens is 540 g/mol. The summed E-state index contributed by atoms with van der Waals surface area (Å²) < 4.78 is 5.99. The number of hydrogen-bond donors (Lipinski definition) is 3. The van der Waals surface area contributed by atoms with Gasteiger partial charge in [-0.25, -0.2) is 0 Å². The van der Waals surface area contributed by atoms with Gasteiger partial charge >= 0.3 is 5.97 Å². The number of aliphatic hydroxyl groups excluding tert-OH is 1. The van der Waals surface area contributed by atoms with Crippen LogP contribution in [-0.4, -0.2) is 42.1 Å². The maximum Gasteiger partial charge on any atom is 0.310 e. The largest absolute Gasteiger partial charge is 0.455 e. The van der Waals surface area contributed by atoms with E-state index >= 15 is 0 Å². The summed E-state index contributed by atoms with van der Waals surface area (Å²) in [4.78, 5) is 39.5. The number of aliphatic hydroxyl groups is 1. The number of carbonyl (C=O) groups is 3. The van der Waals surface area contributed by atoms with E-state index in [4.69, 9.17) is 4.74 Å². The Labute approximate surface area is 254 Å². The molecule has 0 heterocycles. The number of allylic oxidation sites excluding steroid dienone is 2. The minimum atomic E-state index is -0.719.